The molecule has 1 aliphatic rings. The van der Waals surface area contributed by atoms with E-state index in [0.29, 0.717) is 24.1 Å². The van der Waals surface area contributed by atoms with Gasteiger partial charge >= 0.3 is 6.09 Å². The predicted octanol–water partition coefficient (Wildman–Crippen LogP) is 2.68. The molecule has 0 unspecified atom stereocenters. The van der Waals surface area contributed by atoms with Gasteiger partial charge in [0.2, 0.25) is 5.91 Å². The maximum atomic E-state index is 12.3. The minimum Gasteiger partial charge on any atom is -0.453 e. The Kier molecular flexibility index (Phi) is 5.17. The Labute approximate surface area is 128 Å². The standard InChI is InChI=1S/C14H21N3O3S/c1-9(2)11-8-21-13(15-11)16-12(18)10-5-4-6-17(7-10)14(19)20-3/h8-10H,4-7H2,1-3H3,(H,15,16,18)/t10-/m1/s1. The Hall–Kier alpha value is -1.63. The molecule has 1 atom stereocenters. The van der Waals surface area contributed by atoms with E-state index in [1.54, 1.807) is 4.90 Å². The van der Waals surface area contributed by atoms with Crippen LogP contribution in [-0.2, 0) is 9.53 Å². The van der Waals surface area contributed by atoms with Gasteiger partial charge in [-0.25, -0.2) is 9.78 Å². The number of nitrogens with zero attached hydrogens (tertiary/aromatic N) is 2. The normalized spacial score (nSPS) is 18.7. The molecule has 1 fully saturated rings. The number of aromatic nitrogens is 1. The van der Waals surface area contributed by atoms with Crippen molar-refractivity contribution in [2.45, 2.75) is 32.6 Å². The number of nitrogens with one attached hydrogen (secondary N) is 1. The molecule has 0 aromatic carbocycles. The van der Waals surface area contributed by atoms with E-state index in [0.717, 1.165) is 18.5 Å². The van der Waals surface area contributed by atoms with Gasteiger partial charge in [0.05, 0.1) is 18.7 Å². The number of hydrogen-bond acceptors (Lipinski definition) is 5. The highest BCUT2D eigenvalue weighted by Crippen LogP contribution is 2.23. The number of carbonyl (C=O) groups is 2. The van der Waals surface area contributed by atoms with Gasteiger partial charge in [-0.05, 0) is 18.8 Å². The quantitative estimate of drug-likeness (QED) is 0.931. The Morgan fingerprint density at radius 3 is 2.90 bits per heavy atom. The molecule has 1 N–H and O–H groups in total. The number of carbonyl (C=O) groups excluding carboxylic acids is 2. The molecule has 1 saturated heterocycles. The zero-order valence-corrected chi connectivity index (χ0v) is 13.4. The number of methoxy groups -OCH3 is 1. The minimum absolute atomic E-state index is 0.0757. The van der Waals surface area contributed by atoms with Crippen LogP contribution in [0.1, 0.15) is 38.3 Å². The fraction of sp³-hybridized carbons (Fsp3) is 0.643. The van der Waals surface area contributed by atoms with E-state index in [1.165, 1.54) is 18.4 Å². The monoisotopic (exact) mass is 311 g/mol. The van der Waals surface area contributed by atoms with E-state index in [-0.39, 0.29) is 17.9 Å². The number of anilines is 1. The summed E-state index contributed by atoms with van der Waals surface area (Å²) in [4.78, 5) is 29.8. The minimum atomic E-state index is -0.371. The molecule has 1 aliphatic heterocycles. The van der Waals surface area contributed by atoms with Crippen molar-refractivity contribution in [3.8, 4) is 0 Å². The topological polar surface area (TPSA) is 71.5 Å². The molecule has 7 heteroatoms. The maximum Gasteiger partial charge on any atom is 0.409 e. The lowest BCUT2D eigenvalue weighted by Gasteiger charge is -2.30. The SMILES string of the molecule is COC(=O)N1CCC[C@@H](C(=O)Nc2nc(C(C)C)cs2)C1. The molecule has 0 aliphatic carbocycles. The van der Waals surface area contributed by atoms with Gasteiger partial charge in [0.15, 0.2) is 5.13 Å². The second-order valence-corrected chi connectivity index (χ2v) is 6.33. The predicted molar refractivity (Wildman–Crippen MR) is 81.5 cm³/mol. The highest BCUT2D eigenvalue weighted by atomic mass is 32.1. The number of rotatable bonds is 3. The molecule has 21 heavy (non-hydrogen) atoms. The molecule has 0 radical (unpaired) electrons. The molecule has 116 valence electrons. The fourth-order valence-electron chi connectivity index (χ4n) is 2.30. The van der Waals surface area contributed by atoms with Crippen molar-refractivity contribution in [2.24, 2.45) is 5.92 Å². The number of thiazole rings is 1. The van der Waals surface area contributed by atoms with Crippen LogP contribution in [-0.4, -0.2) is 42.1 Å². The summed E-state index contributed by atoms with van der Waals surface area (Å²) in [5.74, 6) is 0.0638. The molecule has 1 aromatic rings. The first-order valence-electron chi connectivity index (χ1n) is 7.10. The maximum absolute atomic E-state index is 12.3. The van der Waals surface area contributed by atoms with Gasteiger partial charge in [0.1, 0.15) is 0 Å². The van der Waals surface area contributed by atoms with Crippen LogP contribution in [0.2, 0.25) is 0 Å². The lowest BCUT2D eigenvalue weighted by atomic mass is 9.97. The third-order valence-electron chi connectivity index (χ3n) is 3.57. The molecule has 0 bridgehead atoms. The first kappa shape index (κ1) is 15.8. The van der Waals surface area contributed by atoms with Crippen LogP contribution in [0.4, 0.5) is 9.93 Å². The van der Waals surface area contributed by atoms with Crippen molar-refractivity contribution in [1.29, 1.82) is 0 Å². The summed E-state index contributed by atoms with van der Waals surface area (Å²) in [6.07, 6.45) is 1.22. The summed E-state index contributed by atoms with van der Waals surface area (Å²) in [5, 5.41) is 5.44. The summed E-state index contributed by atoms with van der Waals surface area (Å²) in [6, 6.07) is 0. The molecule has 2 rings (SSSR count). The zero-order chi connectivity index (χ0) is 15.4. The van der Waals surface area contributed by atoms with Gasteiger partial charge in [0.25, 0.3) is 0 Å². The van der Waals surface area contributed by atoms with Crippen molar-refractivity contribution in [2.75, 3.05) is 25.5 Å². The number of hydrogen-bond donors (Lipinski definition) is 1. The van der Waals surface area contributed by atoms with E-state index < -0.39 is 0 Å². The van der Waals surface area contributed by atoms with E-state index in [2.05, 4.69) is 24.1 Å². The average molecular weight is 311 g/mol. The second-order valence-electron chi connectivity index (χ2n) is 5.48. The van der Waals surface area contributed by atoms with Crippen molar-refractivity contribution in [1.82, 2.24) is 9.88 Å². The lowest BCUT2D eigenvalue weighted by Crippen LogP contribution is -2.43. The van der Waals surface area contributed by atoms with Gasteiger partial charge in [-0.1, -0.05) is 13.8 Å². The van der Waals surface area contributed by atoms with Gasteiger partial charge in [-0.15, -0.1) is 11.3 Å². The highest BCUT2D eigenvalue weighted by Gasteiger charge is 2.29. The fourth-order valence-corrected chi connectivity index (χ4v) is 3.18. The first-order valence-corrected chi connectivity index (χ1v) is 7.98. The van der Waals surface area contributed by atoms with Gasteiger partial charge in [0, 0.05) is 18.5 Å². The lowest BCUT2D eigenvalue weighted by molar-refractivity contribution is -0.121. The Morgan fingerprint density at radius 1 is 1.52 bits per heavy atom. The smallest absolute Gasteiger partial charge is 0.409 e. The molecule has 2 amide bonds. The molecule has 0 spiro atoms. The highest BCUT2D eigenvalue weighted by molar-refractivity contribution is 7.13. The largest absolute Gasteiger partial charge is 0.453 e. The summed E-state index contributed by atoms with van der Waals surface area (Å²) in [6.45, 7) is 5.18. The summed E-state index contributed by atoms with van der Waals surface area (Å²) >= 11 is 1.43. The van der Waals surface area contributed by atoms with Crippen molar-refractivity contribution in [3.63, 3.8) is 0 Å². The van der Waals surface area contributed by atoms with Gasteiger partial charge in [-0.3, -0.25) is 4.79 Å². The summed E-state index contributed by atoms with van der Waals surface area (Å²) in [5.41, 5.74) is 0.982. The average Bonchev–Trinajstić information content (AvgIpc) is 2.95. The second kappa shape index (κ2) is 6.89. The van der Waals surface area contributed by atoms with Crippen LogP contribution in [0.3, 0.4) is 0 Å². The Morgan fingerprint density at radius 2 is 2.29 bits per heavy atom. The Balaban J connectivity index is 1.94. The van der Waals surface area contributed by atoms with Gasteiger partial charge in [-0.2, -0.15) is 0 Å². The summed E-state index contributed by atoms with van der Waals surface area (Å²) in [7, 11) is 1.36. The van der Waals surface area contributed by atoms with Crippen molar-refractivity contribution >= 4 is 28.5 Å². The van der Waals surface area contributed by atoms with Crippen LogP contribution >= 0.6 is 11.3 Å². The van der Waals surface area contributed by atoms with Crippen LogP contribution in [0, 0.1) is 5.92 Å². The number of piperidine rings is 1. The third kappa shape index (κ3) is 3.93. The molecular weight excluding hydrogens is 290 g/mol. The summed E-state index contributed by atoms with van der Waals surface area (Å²) < 4.78 is 4.71. The van der Waals surface area contributed by atoms with Crippen LogP contribution < -0.4 is 5.32 Å². The van der Waals surface area contributed by atoms with E-state index in [9.17, 15) is 9.59 Å². The molecular formula is C14H21N3O3S. The molecule has 6 nitrogen and oxygen atoms in total. The molecule has 2 heterocycles. The van der Waals surface area contributed by atoms with E-state index in [4.69, 9.17) is 4.74 Å². The molecule has 1 aromatic heterocycles. The van der Waals surface area contributed by atoms with E-state index in [1.807, 2.05) is 5.38 Å². The molecule has 0 saturated carbocycles. The first-order chi connectivity index (χ1) is 10.0. The van der Waals surface area contributed by atoms with Crippen LogP contribution in [0.5, 0.6) is 0 Å². The third-order valence-corrected chi connectivity index (χ3v) is 4.34. The Bertz CT molecular complexity index is 515. The van der Waals surface area contributed by atoms with Crippen molar-refractivity contribution in [3.05, 3.63) is 11.1 Å². The zero-order valence-electron chi connectivity index (χ0n) is 12.6. The van der Waals surface area contributed by atoms with E-state index >= 15 is 0 Å². The van der Waals surface area contributed by atoms with Gasteiger partial charge < -0.3 is 15.0 Å². The van der Waals surface area contributed by atoms with Crippen molar-refractivity contribution < 1.29 is 14.3 Å². The van der Waals surface area contributed by atoms with Crippen LogP contribution in [0.25, 0.3) is 0 Å². The van der Waals surface area contributed by atoms with Crippen LogP contribution in [0.15, 0.2) is 5.38 Å². The number of amides is 2. The number of likely N-dealkylation sites (tertiary alicyclic amines) is 1. The number of ether oxygens (including phenoxy) is 1.